The van der Waals surface area contributed by atoms with Crippen molar-refractivity contribution in [1.29, 1.82) is 0 Å². The fourth-order valence-corrected chi connectivity index (χ4v) is 2.17. The first-order valence-corrected chi connectivity index (χ1v) is 6.95. The van der Waals surface area contributed by atoms with Gasteiger partial charge in [-0.2, -0.15) is 0 Å². The molecule has 5 heteroatoms. The van der Waals surface area contributed by atoms with Crippen molar-refractivity contribution >= 4 is 17.5 Å². The van der Waals surface area contributed by atoms with Crippen LogP contribution in [0.5, 0.6) is 0 Å². The van der Waals surface area contributed by atoms with Gasteiger partial charge in [-0.1, -0.05) is 18.2 Å². The number of benzene rings is 2. The van der Waals surface area contributed by atoms with Gasteiger partial charge in [-0.3, -0.25) is 4.79 Å². The SMILES string of the molecule is CC(NC(=O)c1cccc(CCl)c1)c1ccc(F)cc1F. The molecule has 0 radical (unpaired) electrons. The van der Waals surface area contributed by atoms with Crippen LogP contribution in [-0.2, 0) is 5.88 Å². The molecule has 2 nitrogen and oxygen atoms in total. The van der Waals surface area contributed by atoms with Gasteiger partial charge in [0.1, 0.15) is 11.6 Å². The molecule has 21 heavy (non-hydrogen) atoms. The standard InChI is InChI=1S/C16H14ClF2NO/c1-10(14-6-5-13(18)8-15(14)19)20-16(21)12-4-2-3-11(7-12)9-17/h2-8,10H,9H2,1H3,(H,20,21). The second-order valence-corrected chi connectivity index (χ2v) is 4.96. The Hall–Kier alpha value is -1.94. The molecule has 0 saturated carbocycles. The van der Waals surface area contributed by atoms with Crippen LogP contribution in [0.2, 0.25) is 0 Å². The molecule has 0 aromatic heterocycles. The lowest BCUT2D eigenvalue weighted by molar-refractivity contribution is 0.0939. The summed E-state index contributed by atoms with van der Waals surface area (Å²) >= 11 is 5.72. The number of alkyl halides is 1. The molecular formula is C16H14ClF2NO. The Labute approximate surface area is 126 Å². The zero-order valence-electron chi connectivity index (χ0n) is 11.4. The third-order valence-corrected chi connectivity index (χ3v) is 3.43. The van der Waals surface area contributed by atoms with E-state index >= 15 is 0 Å². The molecule has 1 N–H and O–H groups in total. The van der Waals surface area contributed by atoms with E-state index in [9.17, 15) is 13.6 Å². The summed E-state index contributed by atoms with van der Waals surface area (Å²) in [5, 5.41) is 2.68. The van der Waals surface area contributed by atoms with Crippen LogP contribution < -0.4 is 5.32 Å². The van der Waals surface area contributed by atoms with Crippen LogP contribution in [0.25, 0.3) is 0 Å². The highest BCUT2D eigenvalue weighted by Crippen LogP contribution is 2.18. The van der Waals surface area contributed by atoms with E-state index in [-0.39, 0.29) is 11.5 Å². The Balaban J connectivity index is 2.14. The molecule has 2 rings (SSSR count). The van der Waals surface area contributed by atoms with Crippen LogP contribution in [0.1, 0.15) is 34.5 Å². The summed E-state index contributed by atoms with van der Waals surface area (Å²) < 4.78 is 26.5. The Morgan fingerprint density at radius 2 is 2.00 bits per heavy atom. The van der Waals surface area contributed by atoms with Crippen LogP contribution in [0.4, 0.5) is 8.78 Å². The number of carbonyl (C=O) groups excluding carboxylic acids is 1. The summed E-state index contributed by atoms with van der Waals surface area (Å²) in [5.74, 6) is -1.36. The molecule has 0 aliphatic carbocycles. The molecule has 1 unspecified atom stereocenters. The normalized spacial score (nSPS) is 12.0. The third-order valence-electron chi connectivity index (χ3n) is 3.12. The Morgan fingerprint density at radius 3 is 2.67 bits per heavy atom. The van der Waals surface area contributed by atoms with Gasteiger partial charge in [-0.15, -0.1) is 11.6 Å². The van der Waals surface area contributed by atoms with Crippen molar-refractivity contribution in [3.8, 4) is 0 Å². The molecule has 0 fully saturated rings. The Bertz CT molecular complexity index is 660. The van der Waals surface area contributed by atoms with Crippen LogP contribution in [0.15, 0.2) is 42.5 Å². The average molecular weight is 310 g/mol. The predicted octanol–water partition coefficient (Wildman–Crippen LogP) is 4.19. The summed E-state index contributed by atoms with van der Waals surface area (Å²) in [5.41, 5.74) is 1.51. The van der Waals surface area contributed by atoms with Gasteiger partial charge in [0, 0.05) is 23.1 Å². The minimum atomic E-state index is -0.683. The maximum absolute atomic E-state index is 13.7. The second-order valence-electron chi connectivity index (χ2n) is 4.69. The van der Waals surface area contributed by atoms with Crippen LogP contribution in [0, 0.1) is 11.6 Å². The van der Waals surface area contributed by atoms with E-state index < -0.39 is 17.7 Å². The van der Waals surface area contributed by atoms with Crippen molar-refractivity contribution in [2.75, 3.05) is 0 Å². The van der Waals surface area contributed by atoms with E-state index in [0.29, 0.717) is 11.4 Å². The van der Waals surface area contributed by atoms with Gasteiger partial charge in [0.2, 0.25) is 0 Å². The Kier molecular flexibility index (Phi) is 4.91. The van der Waals surface area contributed by atoms with Crippen molar-refractivity contribution in [2.45, 2.75) is 18.8 Å². The van der Waals surface area contributed by atoms with Crippen LogP contribution >= 0.6 is 11.6 Å². The van der Waals surface area contributed by atoms with Gasteiger partial charge in [0.05, 0.1) is 6.04 Å². The maximum atomic E-state index is 13.7. The van der Waals surface area contributed by atoms with E-state index in [4.69, 9.17) is 11.6 Å². The summed E-state index contributed by atoms with van der Waals surface area (Å²) in [6.45, 7) is 1.64. The lowest BCUT2D eigenvalue weighted by Gasteiger charge is -2.15. The molecular weight excluding hydrogens is 296 g/mol. The van der Waals surface area contributed by atoms with Gasteiger partial charge < -0.3 is 5.32 Å². The highest BCUT2D eigenvalue weighted by molar-refractivity contribution is 6.17. The summed E-state index contributed by atoms with van der Waals surface area (Å²) in [6, 6.07) is 9.59. The lowest BCUT2D eigenvalue weighted by atomic mass is 10.1. The molecule has 0 heterocycles. The fraction of sp³-hybridized carbons (Fsp3) is 0.188. The minimum Gasteiger partial charge on any atom is -0.345 e. The monoisotopic (exact) mass is 309 g/mol. The number of nitrogens with one attached hydrogen (secondary N) is 1. The van der Waals surface area contributed by atoms with Gasteiger partial charge in [0.15, 0.2) is 0 Å². The number of carbonyl (C=O) groups is 1. The van der Waals surface area contributed by atoms with Crippen molar-refractivity contribution in [3.05, 3.63) is 70.8 Å². The number of halogens is 3. The number of hydrogen-bond acceptors (Lipinski definition) is 1. The topological polar surface area (TPSA) is 29.1 Å². The summed E-state index contributed by atoms with van der Waals surface area (Å²) in [6.07, 6.45) is 0. The second kappa shape index (κ2) is 6.68. The number of rotatable bonds is 4. The molecule has 0 spiro atoms. The molecule has 110 valence electrons. The first-order valence-electron chi connectivity index (χ1n) is 6.42. The fourth-order valence-electron chi connectivity index (χ4n) is 2.01. The highest BCUT2D eigenvalue weighted by atomic mass is 35.5. The largest absolute Gasteiger partial charge is 0.345 e. The van der Waals surface area contributed by atoms with Crippen molar-refractivity contribution in [1.82, 2.24) is 5.32 Å². The van der Waals surface area contributed by atoms with E-state index in [1.54, 1.807) is 25.1 Å². The molecule has 0 bridgehead atoms. The highest BCUT2D eigenvalue weighted by Gasteiger charge is 2.15. The van der Waals surface area contributed by atoms with Crippen molar-refractivity contribution < 1.29 is 13.6 Å². The third kappa shape index (κ3) is 3.79. The molecule has 1 atom stereocenters. The molecule has 2 aromatic rings. The molecule has 1 amide bonds. The van der Waals surface area contributed by atoms with E-state index in [2.05, 4.69) is 5.32 Å². The van der Waals surface area contributed by atoms with E-state index in [1.165, 1.54) is 6.07 Å². The first-order chi connectivity index (χ1) is 10.0. The number of hydrogen-bond donors (Lipinski definition) is 1. The average Bonchev–Trinajstić information content (AvgIpc) is 2.47. The van der Waals surface area contributed by atoms with Gasteiger partial charge >= 0.3 is 0 Å². The molecule has 0 aliphatic heterocycles. The Morgan fingerprint density at radius 1 is 1.24 bits per heavy atom. The lowest BCUT2D eigenvalue weighted by Crippen LogP contribution is -2.27. The van der Waals surface area contributed by atoms with E-state index in [0.717, 1.165) is 17.7 Å². The van der Waals surface area contributed by atoms with Crippen molar-refractivity contribution in [2.24, 2.45) is 0 Å². The first kappa shape index (κ1) is 15.4. The van der Waals surface area contributed by atoms with E-state index in [1.807, 2.05) is 6.07 Å². The maximum Gasteiger partial charge on any atom is 0.251 e. The molecule has 0 saturated heterocycles. The zero-order valence-corrected chi connectivity index (χ0v) is 12.1. The van der Waals surface area contributed by atoms with Gasteiger partial charge in [-0.05, 0) is 30.7 Å². The quantitative estimate of drug-likeness (QED) is 0.843. The van der Waals surface area contributed by atoms with Crippen molar-refractivity contribution in [3.63, 3.8) is 0 Å². The summed E-state index contributed by atoms with van der Waals surface area (Å²) in [7, 11) is 0. The van der Waals surface area contributed by atoms with Crippen LogP contribution in [0.3, 0.4) is 0 Å². The van der Waals surface area contributed by atoms with Crippen LogP contribution in [-0.4, -0.2) is 5.91 Å². The van der Waals surface area contributed by atoms with Gasteiger partial charge in [-0.25, -0.2) is 8.78 Å². The van der Waals surface area contributed by atoms with Gasteiger partial charge in [0.25, 0.3) is 5.91 Å². The zero-order chi connectivity index (χ0) is 15.4. The summed E-state index contributed by atoms with van der Waals surface area (Å²) in [4.78, 5) is 12.1. The smallest absolute Gasteiger partial charge is 0.251 e. The molecule has 0 aliphatic rings. The molecule has 2 aromatic carbocycles. The predicted molar refractivity (Wildman–Crippen MR) is 78.2 cm³/mol. The number of amides is 1. The minimum absolute atomic E-state index is 0.234.